The van der Waals surface area contributed by atoms with Gasteiger partial charge in [-0.15, -0.1) is 0 Å². The molecule has 8 heteroatoms. The molecule has 0 fully saturated rings. The Morgan fingerprint density at radius 1 is 1.07 bits per heavy atom. The van der Waals surface area contributed by atoms with E-state index in [1.54, 1.807) is 48.5 Å². The van der Waals surface area contributed by atoms with Gasteiger partial charge in [-0.25, -0.2) is 8.42 Å². The summed E-state index contributed by atoms with van der Waals surface area (Å²) < 4.78 is 38.8. The van der Waals surface area contributed by atoms with Crippen LogP contribution in [0.3, 0.4) is 0 Å². The fraction of sp³-hybridized carbons (Fsp3) is 0.227. The first kappa shape index (κ1) is 21.4. The fourth-order valence-electron chi connectivity index (χ4n) is 2.86. The highest BCUT2D eigenvalue weighted by Crippen LogP contribution is 2.32. The predicted octanol–water partition coefficient (Wildman–Crippen LogP) is 3.50. The highest BCUT2D eigenvalue weighted by Gasteiger charge is 2.29. The summed E-state index contributed by atoms with van der Waals surface area (Å²) in [6.45, 7) is 3.81. The minimum absolute atomic E-state index is 0.0956. The molecule has 0 bridgehead atoms. The lowest BCUT2D eigenvalue weighted by atomic mass is 10.2. The van der Waals surface area contributed by atoms with Crippen LogP contribution in [0.5, 0.6) is 5.75 Å². The molecule has 1 amide bonds. The molecule has 0 aliphatic rings. The molecule has 0 spiro atoms. The topological polar surface area (TPSA) is 88.8 Å². The molecular weight excluding hydrogens is 404 g/mol. The molecule has 0 unspecified atom stereocenters. The van der Waals surface area contributed by atoms with Crippen molar-refractivity contribution in [2.24, 2.45) is 0 Å². The van der Waals surface area contributed by atoms with Crippen LogP contribution in [-0.4, -0.2) is 27.5 Å². The Morgan fingerprint density at radius 2 is 1.80 bits per heavy atom. The van der Waals surface area contributed by atoms with Crippen molar-refractivity contribution in [2.45, 2.75) is 25.3 Å². The van der Waals surface area contributed by atoms with E-state index in [-0.39, 0.29) is 11.4 Å². The number of sulfonamides is 1. The van der Waals surface area contributed by atoms with Crippen LogP contribution in [0.4, 0.5) is 5.69 Å². The van der Waals surface area contributed by atoms with E-state index in [0.29, 0.717) is 23.8 Å². The Labute approximate surface area is 176 Å². The second kappa shape index (κ2) is 9.49. The van der Waals surface area contributed by atoms with E-state index >= 15 is 0 Å². The molecule has 158 valence electrons. The second-order valence-electron chi connectivity index (χ2n) is 6.58. The van der Waals surface area contributed by atoms with E-state index in [9.17, 15) is 13.2 Å². The van der Waals surface area contributed by atoms with Crippen LogP contribution in [-0.2, 0) is 21.4 Å². The molecule has 0 aliphatic heterocycles. The first-order chi connectivity index (χ1) is 14.4. The molecule has 3 aromatic rings. The van der Waals surface area contributed by atoms with Crippen molar-refractivity contribution in [3.05, 3.63) is 78.3 Å². The number of ether oxygens (including phenoxy) is 1. The molecule has 30 heavy (non-hydrogen) atoms. The number of nitrogens with zero attached hydrogens (tertiary/aromatic N) is 1. The number of anilines is 1. The first-order valence-electron chi connectivity index (χ1n) is 9.52. The van der Waals surface area contributed by atoms with Gasteiger partial charge in [-0.1, -0.05) is 29.8 Å². The number of benzene rings is 2. The summed E-state index contributed by atoms with van der Waals surface area (Å²) in [7, 11) is -4.01. The van der Waals surface area contributed by atoms with Gasteiger partial charge in [0.15, 0.2) is 0 Å². The summed E-state index contributed by atoms with van der Waals surface area (Å²) in [5.74, 6) is 0.494. The average molecular weight is 429 g/mol. The lowest BCUT2D eigenvalue weighted by molar-refractivity contribution is -0.119. The highest BCUT2D eigenvalue weighted by molar-refractivity contribution is 7.92. The Bertz CT molecular complexity index is 1080. The van der Waals surface area contributed by atoms with Crippen molar-refractivity contribution >= 4 is 21.6 Å². The van der Waals surface area contributed by atoms with Crippen molar-refractivity contribution in [1.29, 1.82) is 0 Å². The maximum atomic E-state index is 13.4. The zero-order valence-corrected chi connectivity index (χ0v) is 17.7. The highest BCUT2D eigenvalue weighted by atomic mass is 32.2. The second-order valence-corrected chi connectivity index (χ2v) is 8.44. The van der Waals surface area contributed by atoms with E-state index in [2.05, 4.69) is 5.32 Å². The van der Waals surface area contributed by atoms with E-state index in [4.69, 9.17) is 9.15 Å². The number of para-hydroxylation sites is 2. The number of amides is 1. The number of nitrogens with one attached hydrogen (secondary N) is 1. The number of carbonyl (C=O) groups excluding carboxylic acids is 1. The van der Waals surface area contributed by atoms with Gasteiger partial charge in [0.25, 0.3) is 10.0 Å². The molecule has 3 rings (SSSR count). The molecule has 0 saturated carbocycles. The van der Waals surface area contributed by atoms with E-state index in [1.807, 2.05) is 13.8 Å². The lowest BCUT2D eigenvalue weighted by Crippen LogP contribution is -2.40. The Hall–Kier alpha value is -3.26. The molecular formula is C22H24N2O5S. The lowest BCUT2D eigenvalue weighted by Gasteiger charge is -2.26. The number of furan rings is 1. The average Bonchev–Trinajstić information content (AvgIpc) is 3.25. The smallest absolute Gasteiger partial charge is 0.264 e. The number of carbonyl (C=O) groups is 1. The predicted molar refractivity (Wildman–Crippen MR) is 114 cm³/mol. The Balaban J connectivity index is 1.94. The summed E-state index contributed by atoms with van der Waals surface area (Å²) in [5, 5.41) is 2.69. The summed E-state index contributed by atoms with van der Waals surface area (Å²) >= 11 is 0. The van der Waals surface area contributed by atoms with Crippen LogP contribution < -0.4 is 14.4 Å². The van der Waals surface area contributed by atoms with Gasteiger partial charge in [-0.3, -0.25) is 9.10 Å². The van der Waals surface area contributed by atoms with E-state index in [0.717, 1.165) is 9.87 Å². The van der Waals surface area contributed by atoms with E-state index in [1.165, 1.54) is 18.4 Å². The van der Waals surface area contributed by atoms with Crippen molar-refractivity contribution in [3.63, 3.8) is 0 Å². The molecule has 0 aliphatic carbocycles. The molecule has 1 N–H and O–H groups in total. The number of rotatable bonds is 9. The Kier molecular flexibility index (Phi) is 6.79. The number of hydrogen-bond acceptors (Lipinski definition) is 5. The first-order valence-corrected chi connectivity index (χ1v) is 11.0. The van der Waals surface area contributed by atoms with Crippen molar-refractivity contribution in [3.8, 4) is 5.75 Å². The van der Waals surface area contributed by atoms with Crippen LogP contribution in [0.15, 0.2) is 76.2 Å². The van der Waals surface area contributed by atoms with Crippen molar-refractivity contribution in [2.75, 3.05) is 17.5 Å². The zero-order valence-electron chi connectivity index (χ0n) is 16.9. The number of hydrogen-bond donors (Lipinski definition) is 1. The van der Waals surface area contributed by atoms with Crippen molar-refractivity contribution < 1.29 is 22.4 Å². The minimum Gasteiger partial charge on any atom is -0.492 e. The maximum Gasteiger partial charge on any atom is 0.264 e. The summed E-state index contributed by atoms with van der Waals surface area (Å²) in [6, 6.07) is 16.7. The quantitative estimate of drug-likeness (QED) is 0.564. The van der Waals surface area contributed by atoms with Crippen LogP contribution in [0.25, 0.3) is 0 Å². The molecule has 0 saturated heterocycles. The van der Waals surface area contributed by atoms with Gasteiger partial charge in [-0.05, 0) is 50.2 Å². The standard InChI is InChI=1S/C22H24N2O5S/c1-3-28-21-9-5-4-8-20(21)24(16-22(25)23-15-18-7-6-14-29-18)30(26,27)19-12-10-17(2)11-13-19/h4-14H,3,15-16H2,1-2H3,(H,23,25). The maximum absolute atomic E-state index is 13.4. The molecule has 2 aromatic carbocycles. The molecule has 7 nitrogen and oxygen atoms in total. The Morgan fingerprint density at radius 3 is 2.47 bits per heavy atom. The third-order valence-corrected chi connectivity index (χ3v) is 6.14. The normalized spacial score (nSPS) is 11.1. The summed E-state index contributed by atoms with van der Waals surface area (Å²) in [5.41, 5.74) is 1.24. The third-order valence-electron chi connectivity index (χ3n) is 4.37. The molecule has 0 radical (unpaired) electrons. The van der Waals surface area contributed by atoms with Crippen molar-refractivity contribution in [1.82, 2.24) is 5.32 Å². The molecule has 0 atom stereocenters. The van der Waals surface area contributed by atoms with Crippen LogP contribution in [0.2, 0.25) is 0 Å². The van der Waals surface area contributed by atoms with Crippen LogP contribution in [0.1, 0.15) is 18.2 Å². The van der Waals surface area contributed by atoms with Gasteiger partial charge in [0, 0.05) is 0 Å². The number of aryl methyl sites for hydroxylation is 1. The van der Waals surface area contributed by atoms with Gasteiger partial charge < -0.3 is 14.5 Å². The monoisotopic (exact) mass is 428 g/mol. The zero-order chi connectivity index (χ0) is 21.6. The molecule has 1 heterocycles. The van der Waals surface area contributed by atoms with Gasteiger partial charge in [-0.2, -0.15) is 0 Å². The largest absolute Gasteiger partial charge is 0.492 e. The van der Waals surface area contributed by atoms with Crippen LogP contribution >= 0.6 is 0 Å². The fourth-order valence-corrected chi connectivity index (χ4v) is 4.29. The third kappa shape index (κ3) is 5.01. The SMILES string of the molecule is CCOc1ccccc1N(CC(=O)NCc1ccco1)S(=O)(=O)c1ccc(C)cc1. The van der Waals surface area contributed by atoms with Gasteiger partial charge >= 0.3 is 0 Å². The summed E-state index contributed by atoms with van der Waals surface area (Å²) in [4.78, 5) is 12.7. The van der Waals surface area contributed by atoms with Gasteiger partial charge in [0.05, 0.1) is 30.0 Å². The van der Waals surface area contributed by atoms with Crippen LogP contribution in [0, 0.1) is 6.92 Å². The minimum atomic E-state index is -4.01. The van der Waals surface area contributed by atoms with Gasteiger partial charge in [0.1, 0.15) is 18.1 Å². The summed E-state index contributed by atoms with van der Waals surface area (Å²) in [6.07, 6.45) is 1.51. The van der Waals surface area contributed by atoms with Gasteiger partial charge in [0.2, 0.25) is 5.91 Å². The molecule has 1 aromatic heterocycles. The van der Waals surface area contributed by atoms with E-state index < -0.39 is 22.5 Å².